The molecule has 0 aromatic heterocycles. The predicted octanol–water partition coefficient (Wildman–Crippen LogP) is 1.52. The minimum absolute atomic E-state index is 0.164. The number of allylic oxidation sites excluding steroid dienone is 1. The van der Waals surface area contributed by atoms with Gasteiger partial charge in [-0.2, -0.15) is 0 Å². The summed E-state index contributed by atoms with van der Waals surface area (Å²) < 4.78 is 5.25. The molecule has 0 saturated carbocycles. The Morgan fingerprint density at radius 2 is 2.23 bits per heavy atom. The Morgan fingerprint density at radius 1 is 1.46 bits per heavy atom. The van der Waals surface area contributed by atoms with Gasteiger partial charge in [-0.1, -0.05) is 0 Å². The molecule has 0 aliphatic carbocycles. The van der Waals surface area contributed by atoms with E-state index in [9.17, 15) is 4.91 Å². The highest BCUT2D eigenvalue weighted by Crippen LogP contribution is 2.25. The average Bonchev–Trinajstić information content (AvgIpc) is 2.67. The molecule has 0 N–H and O–H groups in total. The van der Waals surface area contributed by atoms with Crippen LogP contribution in [0.4, 0.5) is 0 Å². The highest BCUT2D eigenvalue weighted by molar-refractivity contribution is 5.80. The molecular weight excluding hydrogens is 168 g/mol. The number of nitrogens with zero attached hydrogens (tertiary/aromatic N) is 2. The second kappa shape index (κ2) is 3.79. The smallest absolute Gasteiger partial charge is 0.123 e. The number of nitroso groups, excluding NO2 is 1. The summed E-state index contributed by atoms with van der Waals surface area (Å²) in [7, 11) is 0. The SMILES string of the molecule is O=NC1=CC(C2CCOCC2)N=C1. The molecule has 1 saturated heterocycles. The van der Waals surface area contributed by atoms with Crippen LogP contribution in [0.15, 0.2) is 21.9 Å². The third-order valence-electron chi connectivity index (χ3n) is 2.57. The van der Waals surface area contributed by atoms with E-state index in [-0.39, 0.29) is 6.04 Å². The van der Waals surface area contributed by atoms with Crippen molar-refractivity contribution in [2.75, 3.05) is 13.2 Å². The lowest BCUT2D eigenvalue weighted by Gasteiger charge is -2.24. The number of hydrogen-bond acceptors (Lipinski definition) is 4. The first-order chi connectivity index (χ1) is 6.40. The third-order valence-corrected chi connectivity index (χ3v) is 2.57. The van der Waals surface area contributed by atoms with Gasteiger partial charge < -0.3 is 4.74 Å². The molecule has 2 aliphatic heterocycles. The van der Waals surface area contributed by atoms with Gasteiger partial charge in [0.1, 0.15) is 5.70 Å². The molecule has 0 amide bonds. The maximum absolute atomic E-state index is 10.2. The Morgan fingerprint density at radius 3 is 2.85 bits per heavy atom. The van der Waals surface area contributed by atoms with Gasteiger partial charge in [-0.15, -0.1) is 4.91 Å². The van der Waals surface area contributed by atoms with Crippen molar-refractivity contribution in [1.82, 2.24) is 0 Å². The average molecular weight is 180 g/mol. The monoisotopic (exact) mass is 180 g/mol. The summed E-state index contributed by atoms with van der Waals surface area (Å²) in [5, 5.41) is 2.86. The molecule has 0 bridgehead atoms. The molecular formula is C9H12N2O2. The zero-order valence-corrected chi connectivity index (χ0v) is 7.35. The van der Waals surface area contributed by atoms with E-state index >= 15 is 0 Å². The van der Waals surface area contributed by atoms with Crippen molar-refractivity contribution in [3.05, 3.63) is 16.7 Å². The molecule has 2 rings (SSSR count). The van der Waals surface area contributed by atoms with Crippen LogP contribution in [0.2, 0.25) is 0 Å². The molecule has 0 radical (unpaired) electrons. The number of aliphatic imine (C=N–C) groups is 1. The van der Waals surface area contributed by atoms with Gasteiger partial charge in [-0.3, -0.25) is 4.99 Å². The summed E-state index contributed by atoms with van der Waals surface area (Å²) in [6.45, 7) is 1.63. The van der Waals surface area contributed by atoms with Crippen molar-refractivity contribution in [1.29, 1.82) is 0 Å². The van der Waals surface area contributed by atoms with E-state index in [1.807, 2.05) is 6.08 Å². The Labute approximate surface area is 76.7 Å². The topological polar surface area (TPSA) is 51.0 Å². The number of rotatable bonds is 2. The van der Waals surface area contributed by atoms with E-state index in [4.69, 9.17) is 4.74 Å². The normalized spacial score (nSPS) is 28.9. The molecule has 1 atom stereocenters. The fourth-order valence-electron chi connectivity index (χ4n) is 1.79. The standard InChI is InChI=1S/C9H12N2O2/c12-11-8-5-9(10-6-8)7-1-3-13-4-2-7/h5-7,9H,1-4H2. The van der Waals surface area contributed by atoms with Crippen molar-refractivity contribution in [3.8, 4) is 0 Å². The highest BCUT2D eigenvalue weighted by atomic mass is 16.5. The molecule has 1 unspecified atom stereocenters. The third kappa shape index (κ3) is 1.83. The van der Waals surface area contributed by atoms with Crippen molar-refractivity contribution in [3.63, 3.8) is 0 Å². The first-order valence-corrected chi connectivity index (χ1v) is 4.56. The van der Waals surface area contributed by atoms with Gasteiger partial charge in [0.05, 0.1) is 12.3 Å². The van der Waals surface area contributed by atoms with E-state index < -0.39 is 0 Å². The first-order valence-electron chi connectivity index (χ1n) is 4.56. The Bertz CT molecular complexity index is 254. The number of ether oxygens (including phenoxy) is 1. The molecule has 2 heterocycles. The lowest BCUT2D eigenvalue weighted by Crippen LogP contribution is -2.23. The van der Waals surface area contributed by atoms with Crippen LogP contribution in [0.1, 0.15) is 12.8 Å². The van der Waals surface area contributed by atoms with Gasteiger partial charge in [-0.25, -0.2) is 0 Å². The Kier molecular flexibility index (Phi) is 2.49. The van der Waals surface area contributed by atoms with Crippen LogP contribution in [-0.2, 0) is 4.74 Å². The maximum Gasteiger partial charge on any atom is 0.123 e. The van der Waals surface area contributed by atoms with Gasteiger partial charge in [0.15, 0.2) is 0 Å². The molecule has 1 fully saturated rings. The summed E-state index contributed by atoms with van der Waals surface area (Å²) in [5.74, 6) is 0.532. The second-order valence-electron chi connectivity index (χ2n) is 3.40. The van der Waals surface area contributed by atoms with Crippen molar-refractivity contribution >= 4 is 6.21 Å². The lowest BCUT2D eigenvalue weighted by atomic mass is 9.92. The second-order valence-corrected chi connectivity index (χ2v) is 3.40. The molecule has 0 aromatic carbocycles. The van der Waals surface area contributed by atoms with E-state index in [0.717, 1.165) is 26.1 Å². The molecule has 4 nitrogen and oxygen atoms in total. The highest BCUT2D eigenvalue weighted by Gasteiger charge is 2.24. The van der Waals surface area contributed by atoms with Crippen LogP contribution in [0, 0.1) is 10.8 Å². The largest absolute Gasteiger partial charge is 0.381 e. The molecule has 4 heteroatoms. The number of hydrogen-bond donors (Lipinski definition) is 0. The van der Waals surface area contributed by atoms with Gasteiger partial charge in [0, 0.05) is 13.2 Å². The maximum atomic E-state index is 10.2. The fourth-order valence-corrected chi connectivity index (χ4v) is 1.79. The van der Waals surface area contributed by atoms with Crippen LogP contribution in [0.25, 0.3) is 0 Å². The predicted molar refractivity (Wildman–Crippen MR) is 49.7 cm³/mol. The molecule has 13 heavy (non-hydrogen) atoms. The molecule has 2 aliphatic rings. The quantitative estimate of drug-likeness (QED) is 0.605. The zero-order valence-electron chi connectivity index (χ0n) is 7.35. The van der Waals surface area contributed by atoms with Crippen LogP contribution in [0.3, 0.4) is 0 Å². The van der Waals surface area contributed by atoms with Gasteiger partial charge in [-0.05, 0) is 30.0 Å². The van der Waals surface area contributed by atoms with Gasteiger partial charge in [0.2, 0.25) is 0 Å². The van der Waals surface area contributed by atoms with Crippen molar-refractivity contribution in [2.24, 2.45) is 16.1 Å². The van der Waals surface area contributed by atoms with Crippen LogP contribution in [0.5, 0.6) is 0 Å². The van der Waals surface area contributed by atoms with Gasteiger partial charge in [0.25, 0.3) is 0 Å². The summed E-state index contributed by atoms with van der Waals surface area (Å²) >= 11 is 0. The van der Waals surface area contributed by atoms with E-state index in [1.54, 1.807) is 6.21 Å². The minimum Gasteiger partial charge on any atom is -0.381 e. The summed E-state index contributed by atoms with van der Waals surface area (Å²) in [5.41, 5.74) is 0.469. The molecule has 0 aromatic rings. The summed E-state index contributed by atoms with van der Waals surface area (Å²) in [6, 6.07) is 0.164. The molecule has 70 valence electrons. The van der Waals surface area contributed by atoms with Crippen molar-refractivity contribution < 1.29 is 4.74 Å². The van der Waals surface area contributed by atoms with Crippen molar-refractivity contribution in [2.45, 2.75) is 18.9 Å². The lowest BCUT2D eigenvalue weighted by molar-refractivity contribution is 0.0633. The van der Waals surface area contributed by atoms with E-state index in [1.165, 1.54) is 0 Å². The van der Waals surface area contributed by atoms with E-state index in [0.29, 0.717) is 11.6 Å². The summed E-state index contributed by atoms with van der Waals surface area (Å²) in [6.07, 6.45) is 5.48. The van der Waals surface area contributed by atoms with Gasteiger partial charge >= 0.3 is 0 Å². The van der Waals surface area contributed by atoms with Crippen LogP contribution < -0.4 is 0 Å². The fraction of sp³-hybridized carbons (Fsp3) is 0.667. The van der Waals surface area contributed by atoms with Crippen LogP contribution >= 0.6 is 0 Å². The first kappa shape index (κ1) is 8.56. The Hall–Kier alpha value is -1.03. The van der Waals surface area contributed by atoms with E-state index in [2.05, 4.69) is 10.2 Å². The molecule has 0 spiro atoms. The Balaban J connectivity index is 1.98. The zero-order chi connectivity index (χ0) is 9.10. The van der Waals surface area contributed by atoms with Crippen LogP contribution in [-0.4, -0.2) is 25.5 Å². The minimum atomic E-state index is 0.164. The summed E-state index contributed by atoms with van der Waals surface area (Å²) in [4.78, 5) is 14.4.